The molecule has 1 heterocycles. The van der Waals surface area contributed by atoms with E-state index in [1.165, 1.54) is 0 Å². The molecule has 0 bridgehead atoms. The Kier molecular flexibility index (Phi) is 6.05. The molecule has 0 aromatic heterocycles. The molecule has 0 aromatic rings. The predicted octanol–water partition coefficient (Wildman–Crippen LogP) is 0.651. The second kappa shape index (κ2) is 7.09. The maximum atomic E-state index is 11.0. The molecule has 0 saturated carbocycles. The number of carbonyl (C=O) groups is 1. The molecule has 5 heteroatoms. The highest BCUT2D eigenvalue weighted by Gasteiger charge is 2.27. The van der Waals surface area contributed by atoms with Crippen LogP contribution in [0.25, 0.3) is 0 Å². The van der Waals surface area contributed by atoms with Gasteiger partial charge in [-0.2, -0.15) is 11.8 Å². The van der Waals surface area contributed by atoms with Crippen LogP contribution >= 0.6 is 11.8 Å². The molecule has 0 aromatic carbocycles. The Labute approximate surface area is 94.7 Å². The minimum Gasteiger partial charge on any atom is -0.480 e. The minimum atomic E-state index is -0.704. The van der Waals surface area contributed by atoms with Crippen molar-refractivity contribution in [3.63, 3.8) is 0 Å². The summed E-state index contributed by atoms with van der Waals surface area (Å²) in [6.45, 7) is 1.95. The zero-order valence-electron chi connectivity index (χ0n) is 8.89. The van der Waals surface area contributed by atoms with Gasteiger partial charge in [0.1, 0.15) is 6.04 Å². The van der Waals surface area contributed by atoms with Crippen LogP contribution in [0.4, 0.5) is 0 Å². The Morgan fingerprint density at radius 1 is 1.40 bits per heavy atom. The van der Waals surface area contributed by atoms with Gasteiger partial charge >= 0.3 is 5.97 Å². The molecule has 0 amide bonds. The predicted molar refractivity (Wildman–Crippen MR) is 61.3 cm³/mol. The lowest BCUT2D eigenvalue weighted by Gasteiger charge is -2.32. The minimum absolute atomic E-state index is 0.234. The molecule has 15 heavy (non-hydrogen) atoms. The number of aliphatic carboxylic acids is 1. The van der Waals surface area contributed by atoms with Crippen molar-refractivity contribution in [3.8, 4) is 0 Å². The van der Waals surface area contributed by atoms with Crippen molar-refractivity contribution in [2.75, 3.05) is 31.2 Å². The van der Waals surface area contributed by atoms with Crippen molar-refractivity contribution < 1.29 is 15.0 Å². The van der Waals surface area contributed by atoms with Crippen LogP contribution in [-0.4, -0.2) is 58.3 Å². The summed E-state index contributed by atoms with van der Waals surface area (Å²) in [6, 6.07) is -0.308. The van der Waals surface area contributed by atoms with Crippen molar-refractivity contribution in [3.05, 3.63) is 0 Å². The van der Waals surface area contributed by atoms with E-state index in [2.05, 4.69) is 4.90 Å². The van der Waals surface area contributed by atoms with Gasteiger partial charge in [0.05, 0.1) is 0 Å². The maximum Gasteiger partial charge on any atom is 0.321 e. The molecule has 1 atom stereocenters. The number of hydrogen-bond donors (Lipinski definition) is 2. The Balaban J connectivity index is 2.26. The Bertz CT molecular complexity index is 201. The Morgan fingerprint density at radius 2 is 2.20 bits per heavy atom. The molecule has 1 fully saturated rings. The summed E-state index contributed by atoms with van der Waals surface area (Å²) < 4.78 is 0. The van der Waals surface area contributed by atoms with E-state index < -0.39 is 5.97 Å². The van der Waals surface area contributed by atoms with Crippen molar-refractivity contribution >= 4 is 17.7 Å². The van der Waals surface area contributed by atoms with Gasteiger partial charge in [-0.05, 0) is 25.8 Å². The normalized spacial score (nSPS) is 22.9. The average Bonchev–Trinajstić information content (AvgIpc) is 2.25. The van der Waals surface area contributed by atoms with Gasteiger partial charge in [0, 0.05) is 24.7 Å². The highest BCUT2D eigenvalue weighted by atomic mass is 32.2. The van der Waals surface area contributed by atoms with Crippen LogP contribution in [0, 0.1) is 0 Å². The highest BCUT2D eigenvalue weighted by Crippen LogP contribution is 2.17. The van der Waals surface area contributed by atoms with E-state index in [9.17, 15) is 4.79 Å². The van der Waals surface area contributed by atoms with Crippen molar-refractivity contribution in [2.24, 2.45) is 0 Å². The number of nitrogens with zero attached hydrogens (tertiary/aromatic N) is 1. The standard InChI is InChI=1S/C10H19NO3S/c12-6-3-1-2-4-11-5-7-15-8-9(11)10(13)14/h9,12H,1-8H2,(H,13,14). The molecule has 1 aliphatic heterocycles. The van der Waals surface area contributed by atoms with Crippen LogP contribution in [0.15, 0.2) is 0 Å². The van der Waals surface area contributed by atoms with Crippen molar-refractivity contribution in [1.82, 2.24) is 4.90 Å². The summed E-state index contributed by atoms with van der Waals surface area (Å²) >= 11 is 1.72. The van der Waals surface area contributed by atoms with Crippen LogP contribution in [0.3, 0.4) is 0 Å². The second-order valence-electron chi connectivity index (χ2n) is 3.75. The van der Waals surface area contributed by atoms with Gasteiger partial charge in [0.2, 0.25) is 0 Å². The van der Waals surface area contributed by atoms with E-state index in [4.69, 9.17) is 10.2 Å². The van der Waals surface area contributed by atoms with E-state index in [-0.39, 0.29) is 12.6 Å². The molecule has 4 nitrogen and oxygen atoms in total. The number of hydrogen-bond acceptors (Lipinski definition) is 4. The SMILES string of the molecule is O=C(O)C1CSCCN1CCCCCO. The number of aliphatic hydroxyl groups excluding tert-OH is 1. The number of carboxylic acids is 1. The van der Waals surface area contributed by atoms with E-state index in [1.807, 2.05) is 0 Å². The number of carboxylic acid groups (broad SMARTS) is 1. The van der Waals surface area contributed by atoms with Gasteiger partial charge in [-0.3, -0.25) is 9.69 Å². The summed E-state index contributed by atoms with van der Waals surface area (Å²) in [4.78, 5) is 13.0. The van der Waals surface area contributed by atoms with Gasteiger partial charge in [-0.1, -0.05) is 0 Å². The molecule has 0 radical (unpaired) electrons. The molecule has 1 rings (SSSR count). The van der Waals surface area contributed by atoms with Crippen LogP contribution in [0.2, 0.25) is 0 Å². The molecular formula is C10H19NO3S. The first kappa shape index (κ1) is 12.8. The molecule has 88 valence electrons. The second-order valence-corrected chi connectivity index (χ2v) is 4.90. The smallest absolute Gasteiger partial charge is 0.321 e. The van der Waals surface area contributed by atoms with E-state index in [1.54, 1.807) is 11.8 Å². The van der Waals surface area contributed by atoms with Gasteiger partial charge in [0.15, 0.2) is 0 Å². The lowest BCUT2D eigenvalue weighted by molar-refractivity contribution is -0.142. The fourth-order valence-electron chi connectivity index (χ4n) is 1.74. The maximum absolute atomic E-state index is 11.0. The fraction of sp³-hybridized carbons (Fsp3) is 0.900. The summed E-state index contributed by atoms with van der Waals surface area (Å²) in [5.41, 5.74) is 0. The summed E-state index contributed by atoms with van der Waals surface area (Å²) in [5, 5.41) is 17.6. The molecule has 1 saturated heterocycles. The van der Waals surface area contributed by atoms with Gasteiger partial charge in [-0.15, -0.1) is 0 Å². The van der Waals surface area contributed by atoms with Gasteiger partial charge in [-0.25, -0.2) is 0 Å². The summed E-state index contributed by atoms with van der Waals surface area (Å²) in [7, 11) is 0. The lowest BCUT2D eigenvalue weighted by Crippen LogP contribution is -2.47. The van der Waals surface area contributed by atoms with Crippen molar-refractivity contribution in [1.29, 1.82) is 0 Å². The first-order valence-corrected chi connectivity index (χ1v) is 6.56. The Hall–Kier alpha value is -0.260. The number of thioether (sulfide) groups is 1. The Morgan fingerprint density at radius 3 is 2.87 bits per heavy atom. The average molecular weight is 233 g/mol. The zero-order chi connectivity index (χ0) is 11.1. The number of aliphatic hydroxyl groups is 1. The number of unbranched alkanes of at least 4 members (excludes halogenated alkanes) is 2. The van der Waals surface area contributed by atoms with Gasteiger partial charge in [0.25, 0.3) is 0 Å². The molecule has 0 spiro atoms. The lowest BCUT2D eigenvalue weighted by atomic mass is 10.2. The first-order valence-electron chi connectivity index (χ1n) is 5.41. The molecule has 1 aliphatic rings. The largest absolute Gasteiger partial charge is 0.480 e. The molecule has 2 N–H and O–H groups in total. The van der Waals surface area contributed by atoms with E-state index >= 15 is 0 Å². The third-order valence-electron chi connectivity index (χ3n) is 2.63. The molecule has 0 aliphatic carbocycles. The summed E-state index contributed by atoms with van der Waals surface area (Å²) in [5.74, 6) is 1.03. The number of rotatable bonds is 6. The molecular weight excluding hydrogens is 214 g/mol. The first-order chi connectivity index (χ1) is 7.25. The third kappa shape index (κ3) is 4.40. The van der Waals surface area contributed by atoms with Crippen LogP contribution in [0.1, 0.15) is 19.3 Å². The van der Waals surface area contributed by atoms with Gasteiger partial charge < -0.3 is 10.2 Å². The monoisotopic (exact) mass is 233 g/mol. The highest BCUT2D eigenvalue weighted by molar-refractivity contribution is 7.99. The van der Waals surface area contributed by atoms with Crippen LogP contribution < -0.4 is 0 Å². The topological polar surface area (TPSA) is 60.8 Å². The summed E-state index contributed by atoms with van der Waals surface area (Å²) in [6.07, 6.45) is 2.78. The molecule has 1 unspecified atom stereocenters. The van der Waals surface area contributed by atoms with Crippen LogP contribution in [-0.2, 0) is 4.79 Å². The third-order valence-corrected chi connectivity index (χ3v) is 3.65. The van der Waals surface area contributed by atoms with E-state index in [0.717, 1.165) is 38.1 Å². The van der Waals surface area contributed by atoms with Crippen molar-refractivity contribution in [2.45, 2.75) is 25.3 Å². The van der Waals surface area contributed by atoms with E-state index in [0.29, 0.717) is 5.75 Å². The quantitative estimate of drug-likeness (QED) is 0.660. The fourth-order valence-corrected chi connectivity index (χ4v) is 2.84. The zero-order valence-corrected chi connectivity index (χ0v) is 9.71. The van der Waals surface area contributed by atoms with Crippen LogP contribution in [0.5, 0.6) is 0 Å².